The normalized spacial score (nSPS) is 52.3. The largest absolute Gasteiger partial charge is 0.380 e. The van der Waals surface area contributed by atoms with Crippen LogP contribution in [0.15, 0.2) is 0 Å². The van der Waals surface area contributed by atoms with Gasteiger partial charge in [0.25, 0.3) is 0 Å². The Balaban J connectivity index is 1.92. The van der Waals surface area contributed by atoms with Gasteiger partial charge in [0.05, 0.1) is 5.54 Å². The third-order valence-corrected chi connectivity index (χ3v) is 6.32. The Labute approximate surface area is 113 Å². The highest BCUT2D eigenvalue weighted by Crippen LogP contribution is 2.61. The van der Waals surface area contributed by atoms with Gasteiger partial charge >= 0.3 is 0 Å². The Morgan fingerprint density at radius 3 is 2.95 bits per heavy atom. The molecule has 1 amide bonds. The number of Topliss-reactive ketones (excluding diaryl/α,β-unsaturated/α-hetero) is 1. The minimum absolute atomic E-state index is 0.00199. The fourth-order valence-corrected chi connectivity index (χ4v) is 5.78. The molecule has 4 aliphatic rings. The fraction of sp³-hybridized carbons (Fsp3) is 0.867. The smallest absolute Gasteiger partial charge is 0.223 e. The number of piperidine rings is 1. The molecule has 2 saturated carbocycles. The summed E-state index contributed by atoms with van der Waals surface area (Å²) in [6.45, 7) is 2.76. The lowest BCUT2D eigenvalue weighted by Crippen LogP contribution is -2.74. The van der Waals surface area contributed by atoms with E-state index in [1.54, 1.807) is 0 Å². The molecule has 4 fully saturated rings. The number of carbonyl (C=O) groups is 2. The Kier molecular flexibility index (Phi) is 2.13. The number of ketones is 1. The van der Waals surface area contributed by atoms with E-state index in [2.05, 4.69) is 6.92 Å². The van der Waals surface area contributed by atoms with Gasteiger partial charge < -0.3 is 10.0 Å². The van der Waals surface area contributed by atoms with Crippen molar-refractivity contribution in [2.75, 3.05) is 6.54 Å². The van der Waals surface area contributed by atoms with E-state index in [0.29, 0.717) is 43.6 Å². The lowest BCUT2D eigenvalue weighted by atomic mass is 9.49. The lowest BCUT2D eigenvalue weighted by molar-refractivity contribution is -0.195. The molecule has 5 atom stereocenters. The van der Waals surface area contributed by atoms with Gasteiger partial charge in [0.2, 0.25) is 5.91 Å². The number of hydrogen-bond donors (Lipinski definition) is 1. The lowest BCUT2D eigenvalue weighted by Gasteiger charge is -2.62. The third kappa shape index (κ3) is 1.16. The first kappa shape index (κ1) is 11.9. The molecule has 2 aliphatic carbocycles. The van der Waals surface area contributed by atoms with Gasteiger partial charge in [-0.3, -0.25) is 9.59 Å². The summed E-state index contributed by atoms with van der Waals surface area (Å²) in [5, 5.41) is 11.1. The van der Waals surface area contributed by atoms with E-state index in [0.717, 1.165) is 19.3 Å². The molecule has 19 heavy (non-hydrogen) atoms. The molecule has 4 nitrogen and oxygen atoms in total. The Morgan fingerprint density at radius 1 is 1.37 bits per heavy atom. The van der Waals surface area contributed by atoms with E-state index >= 15 is 0 Å². The van der Waals surface area contributed by atoms with Crippen LogP contribution in [0.4, 0.5) is 0 Å². The molecule has 2 bridgehead atoms. The average molecular weight is 263 g/mol. The average Bonchev–Trinajstić information content (AvgIpc) is 2.63. The van der Waals surface area contributed by atoms with E-state index < -0.39 is 11.1 Å². The summed E-state index contributed by atoms with van der Waals surface area (Å²) in [6, 6.07) is 0. The summed E-state index contributed by atoms with van der Waals surface area (Å²) >= 11 is 0. The predicted octanol–water partition coefficient (Wildman–Crippen LogP) is 1.12. The number of aliphatic hydroxyl groups is 1. The van der Waals surface area contributed by atoms with Crippen molar-refractivity contribution in [3.8, 4) is 0 Å². The summed E-state index contributed by atoms with van der Waals surface area (Å²) in [5.74, 6) is 1.36. The molecular weight excluding hydrogens is 242 g/mol. The van der Waals surface area contributed by atoms with E-state index in [4.69, 9.17) is 0 Å². The molecule has 0 aromatic heterocycles. The highest BCUT2D eigenvalue weighted by molar-refractivity contribution is 5.93. The molecule has 2 heterocycles. The van der Waals surface area contributed by atoms with Gasteiger partial charge in [-0.15, -0.1) is 0 Å². The zero-order chi connectivity index (χ0) is 13.4. The van der Waals surface area contributed by atoms with Gasteiger partial charge in [-0.1, -0.05) is 6.92 Å². The maximum Gasteiger partial charge on any atom is 0.223 e. The van der Waals surface area contributed by atoms with Gasteiger partial charge in [-0.05, 0) is 37.0 Å². The summed E-state index contributed by atoms with van der Waals surface area (Å²) < 4.78 is 0. The zero-order valence-corrected chi connectivity index (χ0v) is 11.4. The second-order valence-corrected chi connectivity index (χ2v) is 7.16. The first-order valence-electron chi connectivity index (χ1n) is 7.55. The van der Waals surface area contributed by atoms with Crippen LogP contribution in [0.5, 0.6) is 0 Å². The monoisotopic (exact) mass is 263 g/mol. The second kappa shape index (κ2) is 3.40. The number of rotatable bonds is 0. The Bertz CT molecular complexity index is 476. The van der Waals surface area contributed by atoms with Crippen LogP contribution in [0.2, 0.25) is 0 Å². The molecule has 2 aliphatic heterocycles. The minimum atomic E-state index is -1.25. The van der Waals surface area contributed by atoms with Crippen molar-refractivity contribution in [3.63, 3.8) is 0 Å². The van der Waals surface area contributed by atoms with Crippen molar-refractivity contribution in [2.24, 2.45) is 17.8 Å². The van der Waals surface area contributed by atoms with E-state index in [1.807, 2.05) is 4.90 Å². The summed E-state index contributed by atoms with van der Waals surface area (Å²) in [6.07, 6.45) is 4.32. The van der Waals surface area contributed by atoms with Crippen LogP contribution in [-0.4, -0.2) is 39.4 Å². The fourth-order valence-electron chi connectivity index (χ4n) is 5.78. The summed E-state index contributed by atoms with van der Waals surface area (Å²) in [7, 11) is 0. The van der Waals surface area contributed by atoms with Crippen LogP contribution < -0.4 is 0 Å². The molecule has 4 heteroatoms. The summed E-state index contributed by atoms with van der Waals surface area (Å²) in [5.41, 5.74) is -1.81. The first-order valence-corrected chi connectivity index (χ1v) is 7.55. The van der Waals surface area contributed by atoms with Gasteiger partial charge in [0.15, 0.2) is 5.78 Å². The zero-order valence-electron chi connectivity index (χ0n) is 11.4. The second-order valence-electron chi connectivity index (χ2n) is 7.16. The van der Waals surface area contributed by atoms with E-state index in [-0.39, 0.29) is 11.7 Å². The molecule has 0 aromatic carbocycles. The summed E-state index contributed by atoms with van der Waals surface area (Å²) in [4.78, 5) is 26.6. The number of nitrogens with zero attached hydrogens (tertiary/aromatic N) is 1. The molecule has 0 aromatic rings. The van der Waals surface area contributed by atoms with Crippen molar-refractivity contribution in [1.82, 2.24) is 4.90 Å². The van der Waals surface area contributed by atoms with Gasteiger partial charge in [-0.25, -0.2) is 0 Å². The van der Waals surface area contributed by atoms with Crippen LogP contribution in [-0.2, 0) is 9.59 Å². The minimum Gasteiger partial charge on any atom is -0.380 e. The van der Waals surface area contributed by atoms with E-state index in [1.165, 1.54) is 0 Å². The molecule has 4 rings (SSSR count). The molecule has 0 radical (unpaired) electrons. The maximum absolute atomic E-state index is 12.5. The standard InChI is InChI=1S/C15H21NO3/c1-9-6-10-7-12(17)15(19)4-5-16-13(18)3-2-11(10)14(15,16)8-9/h9-11,19H,2-8H2,1H3/t9-,10+,11-,14-,15+/m1/s1. The predicted molar refractivity (Wildman–Crippen MR) is 68.2 cm³/mol. The topological polar surface area (TPSA) is 57.6 Å². The maximum atomic E-state index is 12.5. The van der Waals surface area contributed by atoms with Crippen LogP contribution in [0.25, 0.3) is 0 Å². The van der Waals surface area contributed by atoms with Crippen molar-refractivity contribution < 1.29 is 14.7 Å². The van der Waals surface area contributed by atoms with Crippen LogP contribution in [0.3, 0.4) is 0 Å². The van der Waals surface area contributed by atoms with E-state index in [9.17, 15) is 14.7 Å². The van der Waals surface area contributed by atoms with Crippen LogP contribution >= 0.6 is 0 Å². The van der Waals surface area contributed by atoms with Gasteiger partial charge in [0.1, 0.15) is 5.60 Å². The Morgan fingerprint density at radius 2 is 2.16 bits per heavy atom. The molecule has 0 unspecified atom stereocenters. The highest BCUT2D eigenvalue weighted by atomic mass is 16.3. The first-order chi connectivity index (χ1) is 8.99. The van der Waals surface area contributed by atoms with Crippen LogP contribution in [0.1, 0.15) is 45.4 Å². The molecule has 104 valence electrons. The van der Waals surface area contributed by atoms with Crippen molar-refractivity contribution in [3.05, 3.63) is 0 Å². The van der Waals surface area contributed by atoms with Crippen molar-refractivity contribution in [2.45, 2.75) is 56.6 Å². The quantitative estimate of drug-likeness (QED) is 0.712. The van der Waals surface area contributed by atoms with Crippen molar-refractivity contribution >= 4 is 11.7 Å². The number of carbonyl (C=O) groups excluding carboxylic acids is 2. The van der Waals surface area contributed by atoms with Gasteiger partial charge in [0, 0.05) is 25.8 Å². The molecule has 1 spiro atoms. The number of amides is 1. The SMILES string of the molecule is C[C@@H]1C[C@H]2CC(=O)[C@@]3(O)CCN4C(=O)CC[C@H]2[C@@]43C1. The van der Waals surface area contributed by atoms with Crippen LogP contribution in [0, 0.1) is 17.8 Å². The number of hydrogen-bond acceptors (Lipinski definition) is 3. The third-order valence-electron chi connectivity index (χ3n) is 6.32. The molecular formula is C15H21NO3. The van der Waals surface area contributed by atoms with Crippen molar-refractivity contribution in [1.29, 1.82) is 0 Å². The highest BCUT2D eigenvalue weighted by Gasteiger charge is 2.72. The van der Waals surface area contributed by atoms with Gasteiger partial charge in [-0.2, -0.15) is 0 Å². The molecule has 1 N–H and O–H groups in total. The molecule has 2 saturated heterocycles. The Hall–Kier alpha value is -0.900.